The van der Waals surface area contributed by atoms with Gasteiger partial charge in [-0.2, -0.15) is 11.8 Å². The van der Waals surface area contributed by atoms with Crippen LogP contribution in [0.25, 0.3) is 0 Å². The van der Waals surface area contributed by atoms with Crippen LogP contribution in [-0.4, -0.2) is 53.0 Å². The third kappa shape index (κ3) is 12.1. The van der Waals surface area contributed by atoms with E-state index in [1.807, 2.05) is 68.6 Å². The third-order valence-corrected chi connectivity index (χ3v) is 7.60. The number of hydrogen-bond donors (Lipinski definition) is 2. The molecular formula is C34H51N3O4S. The minimum Gasteiger partial charge on any atom is -0.444 e. The van der Waals surface area contributed by atoms with Crippen molar-refractivity contribution in [2.24, 2.45) is 0 Å². The van der Waals surface area contributed by atoms with Gasteiger partial charge in [0.25, 0.3) is 5.91 Å². The fraction of sp³-hybridized carbons (Fsp3) is 0.559. The monoisotopic (exact) mass is 597 g/mol. The number of carbonyl (C=O) groups is 3. The Morgan fingerprint density at radius 2 is 1.64 bits per heavy atom. The van der Waals surface area contributed by atoms with E-state index in [1.165, 1.54) is 6.42 Å². The summed E-state index contributed by atoms with van der Waals surface area (Å²) in [4.78, 5) is 43.0. The number of nitrogens with one attached hydrogen (secondary N) is 2. The van der Waals surface area contributed by atoms with E-state index in [2.05, 4.69) is 17.6 Å². The zero-order valence-electron chi connectivity index (χ0n) is 26.6. The first-order valence-electron chi connectivity index (χ1n) is 15.2. The van der Waals surface area contributed by atoms with E-state index < -0.39 is 23.8 Å². The summed E-state index contributed by atoms with van der Waals surface area (Å²) in [6, 6.07) is 13.7. The van der Waals surface area contributed by atoms with Crippen molar-refractivity contribution in [2.75, 3.05) is 23.9 Å². The lowest BCUT2D eigenvalue weighted by Gasteiger charge is -2.35. The van der Waals surface area contributed by atoms with Gasteiger partial charge >= 0.3 is 6.09 Å². The Hall–Kier alpha value is -3.00. The number of nitrogens with zero attached hydrogens (tertiary/aromatic N) is 1. The van der Waals surface area contributed by atoms with Gasteiger partial charge in [-0.15, -0.1) is 0 Å². The summed E-state index contributed by atoms with van der Waals surface area (Å²) in [7, 11) is 0. The van der Waals surface area contributed by atoms with Crippen molar-refractivity contribution in [3.05, 3.63) is 65.2 Å². The minimum atomic E-state index is -0.870. The van der Waals surface area contributed by atoms with Crippen LogP contribution in [0, 0.1) is 13.8 Å². The number of ether oxygens (including phenoxy) is 1. The van der Waals surface area contributed by atoms with Crippen LogP contribution >= 0.6 is 11.8 Å². The largest absolute Gasteiger partial charge is 0.444 e. The average Bonchev–Trinajstić information content (AvgIpc) is 2.92. The molecule has 7 nitrogen and oxygen atoms in total. The topological polar surface area (TPSA) is 87.7 Å². The van der Waals surface area contributed by atoms with Crippen molar-refractivity contribution in [1.82, 2.24) is 10.2 Å². The number of thioether (sulfide) groups is 1. The molecule has 3 amide bonds. The molecule has 0 aliphatic carbocycles. The molecule has 2 unspecified atom stereocenters. The van der Waals surface area contributed by atoms with Gasteiger partial charge in [-0.25, -0.2) is 4.79 Å². The first kappa shape index (κ1) is 35.2. The summed E-state index contributed by atoms with van der Waals surface area (Å²) in [5.41, 5.74) is 2.68. The number of carbonyl (C=O) groups excluding carboxylic acids is 3. The summed E-state index contributed by atoms with van der Waals surface area (Å²) < 4.78 is 5.51. The molecule has 2 aromatic rings. The highest BCUT2D eigenvalue weighted by Crippen LogP contribution is 2.27. The summed E-state index contributed by atoms with van der Waals surface area (Å²) >= 11 is 1.60. The molecule has 0 saturated heterocycles. The molecule has 0 saturated carbocycles. The normalized spacial score (nSPS) is 12.7. The van der Waals surface area contributed by atoms with Crippen molar-refractivity contribution >= 4 is 35.4 Å². The molecule has 42 heavy (non-hydrogen) atoms. The zero-order chi connectivity index (χ0) is 31.1. The maximum absolute atomic E-state index is 14.4. The average molecular weight is 598 g/mol. The zero-order valence-corrected chi connectivity index (χ0v) is 27.4. The molecule has 2 aromatic carbocycles. The SMILES string of the molecule is CCCCCCCCN(C(=O)C(CCSC)NC(=O)OC(C)(C)C)C(C(=O)Nc1ccccc1C)c1cccc(C)c1. The van der Waals surface area contributed by atoms with Crippen molar-refractivity contribution in [1.29, 1.82) is 0 Å². The van der Waals surface area contributed by atoms with E-state index in [1.54, 1.807) is 37.4 Å². The quantitative estimate of drug-likeness (QED) is 0.193. The lowest BCUT2D eigenvalue weighted by Crippen LogP contribution is -2.52. The first-order valence-corrected chi connectivity index (χ1v) is 16.6. The third-order valence-electron chi connectivity index (χ3n) is 6.96. The Morgan fingerprint density at radius 1 is 0.952 bits per heavy atom. The van der Waals surface area contributed by atoms with Crippen LogP contribution in [0.2, 0.25) is 0 Å². The van der Waals surface area contributed by atoms with Crippen LogP contribution in [0.1, 0.15) is 95.4 Å². The van der Waals surface area contributed by atoms with Crippen LogP contribution in [0.4, 0.5) is 10.5 Å². The number of anilines is 1. The van der Waals surface area contributed by atoms with Crippen LogP contribution in [0.15, 0.2) is 48.5 Å². The predicted molar refractivity (Wildman–Crippen MR) is 175 cm³/mol. The van der Waals surface area contributed by atoms with E-state index in [4.69, 9.17) is 4.74 Å². The highest BCUT2D eigenvalue weighted by atomic mass is 32.2. The van der Waals surface area contributed by atoms with Crippen LogP contribution < -0.4 is 10.6 Å². The number of aryl methyl sites for hydroxylation is 2. The molecule has 0 aliphatic heterocycles. The maximum atomic E-state index is 14.4. The summed E-state index contributed by atoms with van der Waals surface area (Å²) in [6.45, 7) is 11.9. The molecule has 0 spiro atoms. The second kappa shape index (κ2) is 17.8. The van der Waals surface area contributed by atoms with Gasteiger partial charge in [0.1, 0.15) is 17.7 Å². The molecule has 2 atom stereocenters. The minimum absolute atomic E-state index is 0.282. The molecule has 0 aromatic heterocycles. The van der Waals surface area contributed by atoms with Gasteiger partial charge in [0.2, 0.25) is 5.91 Å². The van der Waals surface area contributed by atoms with E-state index in [0.717, 1.165) is 48.8 Å². The lowest BCUT2D eigenvalue weighted by molar-refractivity contribution is -0.141. The molecule has 0 fully saturated rings. The number of benzene rings is 2. The second-order valence-corrected chi connectivity index (χ2v) is 12.9. The van der Waals surface area contributed by atoms with Crippen molar-refractivity contribution in [3.63, 3.8) is 0 Å². The lowest BCUT2D eigenvalue weighted by atomic mass is 9.99. The van der Waals surface area contributed by atoms with E-state index in [0.29, 0.717) is 24.4 Å². The standard InChI is InChI=1S/C34H51N3O4S/c1-8-9-10-11-12-15-22-37(32(39)29(21-23-42-7)36-33(40)41-34(4,5)6)30(27-19-16-17-25(2)24-27)31(38)35-28-20-14-13-18-26(28)3/h13-14,16-20,24,29-30H,8-12,15,21-23H2,1-7H3,(H,35,38)(H,36,40). The number of alkyl carbamates (subject to hydrolysis) is 1. The van der Waals surface area contributed by atoms with Crippen LogP contribution in [-0.2, 0) is 14.3 Å². The van der Waals surface area contributed by atoms with Gasteiger partial charge in [-0.05, 0) is 76.7 Å². The number of rotatable bonds is 16. The van der Waals surface area contributed by atoms with Gasteiger partial charge in [-0.3, -0.25) is 9.59 Å². The molecular weight excluding hydrogens is 546 g/mol. The Labute approximate surface area is 257 Å². The Morgan fingerprint density at radius 3 is 2.29 bits per heavy atom. The van der Waals surface area contributed by atoms with Crippen molar-refractivity contribution in [3.8, 4) is 0 Å². The summed E-state index contributed by atoms with van der Waals surface area (Å²) in [5, 5.41) is 5.91. The van der Waals surface area contributed by atoms with Crippen LogP contribution in [0.5, 0.6) is 0 Å². The van der Waals surface area contributed by atoms with Gasteiger partial charge in [0.15, 0.2) is 0 Å². The fourth-order valence-electron chi connectivity index (χ4n) is 4.80. The first-order chi connectivity index (χ1) is 20.0. The van der Waals surface area contributed by atoms with Gasteiger partial charge in [0.05, 0.1) is 0 Å². The molecule has 0 heterocycles. The highest BCUT2D eigenvalue weighted by molar-refractivity contribution is 7.98. The molecule has 8 heteroatoms. The molecule has 2 N–H and O–H groups in total. The van der Waals surface area contributed by atoms with E-state index in [9.17, 15) is 14.4 Å². The smallest absolute Gasteiger partial charge is 0.408 e. The van der Waals surface area contributed by atoms with E-state index >= 15 is 0 Å². The Balaban J connectivity index is 2.50. The van der Waals surface area contributed by atoms with Crippen molar-refractivity contribution < 1.29 is 19.1 Å². The van der Waals surface area contributed by atoms with Crippen molar-refractivity contribution in [2.45, 2.75) is 104 Å². The molecule has 2 rings (SSSR count). The van der Waals surface area contributed by atoms with Crippen LogP contribution in [0.3, 0.4) is 0 Å². The molecule has 0 aliphatic rings. The molecule has 0 radical (unpaired) electrons. The summed E-state index contributed by atoms with van der Waals surface area (Å²) in [5.74, 6) is 0.103. The maximum Gasteiger partial charge on any atom is 0.408 e. The molecule has 0 bridgehead atoms. The van der Waals surface area contributed by atoms with Gasteiger partial charge in [-0.1, -0.05) is 87.1 Å². The molecule has 232 valence electrons. The van der Waals surface area contributed by atoms with Gasteiger partial charge in [0, 0.05) is 12.2 Å². The number of amides is 3. The second-order valence-electron chi connectivity index (χ2n) is 11.9. The number of hydrogen-bond acceptors (Lipinski definition) is 5. The Bertz CT molecular complexity index is 1150. The Kier molecular flexibility index (Phi) is 15.0. The predicted octanol–water partition coefficient (Wildman–Crippen LogP) is 7.82. The number of unbranched alkanes of at least 4 members (excludes halogenated alkanes) is 5. The van der Waals surface area contributed by atoms with E-state index in [-0.39, 0.29) is 11.8 Å². The summed E-state index contributed by atoms with van der Waals surface area (Å²) in [6.07, 6.45) is 8.04. The number of para-hydroxylation sites is 1. The van der Waals surface area contributed by atoms with Gasteiger partial charge < -0.3 is 20.3 Å². The fourth-order valence-corrected chi connectivity index (χ4v) is 5.27. The highest BCUT2D eigenvalue weighted by Gasteiger charge is 2.36.